The van der Waals surface area contributed by atoms with E-state index < -0.39 is 15.9 Å². The average Bonchev–Trinajstić information content (AvgIpc) is 2.41. The van der Waals surface area contributed by atoms with E-state index in [1.165, 1.54) is 0 Å². The summed E-state index contributed by atoms with van der Waals surface area (Å²) in [5.41, 5.74) is 1.75. The van der Waals surface area contributed by atoms with Gasteiger partial charge in [0.2, 0.25) is 0 Å². The highest BCUT2D eigenvalue weighted by atomic mass is 32.2. The summed E-state index contributed by atoms with van der Waals surface area (Å²) < 4.78 is 24.4. The molecule has 1 atom stereocenters. The second kappa shape index (κ2) is 6.20. The van der Waals surface area contributed by atoms with Gasteiger partial charge < -0.3 is 5.11 Å². The molecule has 2 aromatic carbocycles. The first-order chi connectivity index (χ1) is 9.47. The summed E-state index contributed by atoms with van der Waals surface area (Å²) in [6, 6.07) is 15.8. The fourth-order valence-corrected chi connectivity index (χ4v) is 3.41. The summed E-state index contributed by atoms with van der Waals surface area (Å²) in [4.78, 5) is 0.341. The van der Waals surface area contributed by atoms with Crippen LogP contribution in [0.4, 0.5) is 0 Å². The van der Waals surface area contributed by atoms with Gasteiger partial charge in [0, 0.05) is 0 Å². The quantitative estimate of drug-likeness (QED) is 0.921. The minimum Gasteiger partial charge on any atom is -0.393 e. The lowest BCUT2D eigenvalue weighted by atomic mass is 10.1. The summed E-state index contributed by atoms with van der Waals surface area (Å²) in [5.74, 6) is -0.00796. The molecule has 0 saturated carbocycles. The molecule has 0 amide bonds. The van der Waals surface area contributed by atoms with Crippen LogP contribution in [0.15, 0.2) is 59.5 Å². The molecular weight excluding hydrogens is 272 g/mol. The first kappa shape index (κ1) is 14.8. The zero-order valence-corrected chi connectivity index (χ0v) is 12.2. The van der Waals surface area contributed by atoms with E-state index >= 15 is 0 Å². The molecule has 20 heavy (non-hydrogen) atoms. The van der Waals surface area contributed by atoms with Crippen molar-refractivity contribution in [2.45, 2.75) is 30.1 Å². The number of benzene rings is 2. The molecule has 1 N–H and O–H groups in total. The van der Waals surface area contributed by atoms with Gasteiger partial charge in [0.05, 0.1) is 16.8 Å². The van der Waals surface area contributed by atoms with Crippen LogP contribution in [0, 0.1) is 0 Å². The van der Waals surface area contributed by atoms with Crippen molar-refractivity contribution < 1.29 is 13.5 Å². The van der Waals surface area contributed by atoms with E-state index in [1.807, 2.05) is 12.1 Å². The summed E-state index contributed by atoms with van der Waals surface area (Å²) in [6.45, 7) is 1.73. The van der Waals surface area contributed by atoms with Gasteiger partial charge in [-0.05, 0) is 36.6 Å². The van der Waals surface area contributed by atoms with E-state index in [1.54, 1.807) is 49.4 Å². The van der Waals surface area contributed by atoms with Crippen LogP contribution in [0.25, 0.3) is 0 Å². The second-order valence-corrected chi connectivity index (χ2v) is 6.93. The third-order valence-electron chi connectivity index (χ3n) is 3.01. The van der Waals surface area contributed by atoms with Crippen LogP contribution < -0.4 is 0 Å². The Hall–Kier alpha value is -1.65. The van der Waals surface area contributed by atoms with Crippen molar-refractivity contribution in [2.75, 3.05) is 0 Å². The molecule has 0 aliphatic heterocycles. The van der Waals surface area contributed by atoms with Crippen molar-refractivity contribution in [3.63, 3.8) is 0 Å². The van der Waals surface area contributed by atoms with Crippen molar-refractivity contribution in [1.29, 1.82) is 0 Å². The van der Waals surface area contributed by atoms with Crippen molar-refractivity contribution >= 4 is 9.84 Å². The van der Waals surface area contributed by atoms with Gasteiger partial charge in [-0.15, -0.1) is 0 Å². The minimum absolute atomic E-state index is 0.00796. The Morgan fingerprint density at radius 2 is 1.50 bits per heavy atom. The van der Waals surface area contributed by atoms with Crippen LogP contribution >= 0.6 is 0 Å². The van der Waals surface area contributed by atoms with E-state index in [9.17, 15) is 13.5 Å². The summed E-state index contributed by atoms with van der Waals surface area (Å²) in [5, 5.41) is 9.31. The highest BCUT2D eigenvalue weighted by molar-refractivity contribution is 7.90. The van der Waals surface area contributed by atoms with Gasteiger partial charge >= 0.3 is 0 Å². The van der Waals surface area contributed by atoms with Gasteiger partial charge in [0.25, 0.3) is 0 Å². The predicted octanol–water partition coefficient (Wildman–Crippen LogP) is 2.58. The maximum absolute atomic E-state index is 12.2. The molecule has 1 unspecified atom stereocenters. The minimum atomic E-state index is -3.30. The summed E-state index contributed by atoms with van der Waals surface area (Å²) >= 11 is 0. The molecule has 0 aliphatic rings. The summed E-state index contributed by atoms with van der Waals surface area (Å²) in [7, 11) is -3.30. The van der Waals surface area contributed by atoms with Crippen molar-refractivity contribution in [2.24, 2.45) is 0 Å². The van der Waals surface area contributed by atoms with Crippen LogP contribution in [0.1, 0.15) is 18.1 Å². The summed E-state index contributed by atoms with van der Waals surface area (Å²) in [6.07, 6.45) is 0.181. The van der Waals surface area contributed by atoms with Crippen LogP contribution in [0.2, 0.25) is 0 Å². The molecule has 0 aliphatic carbocycles. The number of aliphatic hydroxyl groups is 1. The van der Waals surface area contributed by atoms with Crippen molar-refractivity contribution in [3.05, 3.63) is 65.7 Å². The van der Waals surface area contributed by atoms with Gasteiger partial charge in [-0.2, -0.15) is 0 Å². The Kier molecular flexibility index (Phi) is 4.57. The Bertz CT molecular complexity index is 644. The highest BCUT2D eigenvalue weighted by Crippen LogP contribution is 2.16. The smallest absolute Gasteiger partial charge is 0.182 e. The van der Waals surface area contributed by atoms with Gasteiger partial charge in [-0.3, -0.25) is 0 Å². The largest absolute Gasteiger partial charge is 0.393 e. The standard InChI is InChI=1S/C16H18O3S/c1-13(17)11-14-7-9-15(10-8-14)12-20(18,19)16-5-3-2-4-6-16/h2-10,13,17H,11-12H2,1H3. The number of aliphatic hydroxyl groups excluding tert-OH is 1. The van der Waals surface area contributed by atoms with Crippen LogP contribution in [0.3, 0.4) is 0 Å². The lowest BCUT2D eigenvalue weighted by molar-refractivity contribution is 0.195. The number of sulfone groups is 1. The Morgan fingerprint density at radius 3 is 2.05 bits per heavy atom. The first-order valence-electron chi connectivity index (χ1n) is 6.51. The lowest BCUT2D eigenvalue weighted by Crippen LogP contribution is -2.06. The van der Waals surface area contributed by atoms with E-state index in [0.717, 1.165) is 11.1 Å². The Balaban J connectivity index is 2.14. The molecule has 0 spiro atoms. The molecule has 0 heterocycles. The maximum Gasteiger partial charge on any atom is 0.182 e. The zero-order chi connectivity index (χ0) is 14.6. The fourth-order valence-electron chi connectivity index (χ4n) is 2.04. The van der Waals surface area contributed by atoms with Crippen LogP contribution in [-0.2, 0) is 22.0 Å². The molecule has 0 saturated heterocycles. The second-order valence-electron chi connectivity index (χ2n) is 4.94. The number of hydrogen-bond acceptors (Lipinski definition) is 3. The first-order valence-corrected chi connectivity index (χ1v) is 8.16. The Morgan fingerprint density at radius 1 is 0.950 bits per heavy atom. The monoisotopic (exact) mass is 290 g/mol. The van der Waals surface area contributed by atoms with Crippen molar-refractivity contribution in [3.8, 4) is 0 Å². The molecule has 106 valence electrons. The number of hydrogen-bond donors (Lipinski definition) is 1. The molecule has 0 bridgehead atoms. The predicted molar refractivity (Wildman–Crippen MR) is 79.2 cm³/mol. The van der Waals surface area contributed by atoms with Gasteiger partial charge in [-0.25, -0.2) is 8.42 Å². The molecule has 3 nitrogen and oxygen atoms in total. The van der Waals surface area contributed by atoms with E-state index in [-0.39, 0.29) is 5.75 Å². The normalized spacial score (nSPS) is 13.1. The third-order valence-corrected chi connectivity index (χ3v) is 4.72. The SMILES string of the molecule is CC(O)Cc1ccc(CS(=O)(=O)c2ccccc2)cc1. The van der Waals surface area contributed by atoms with E-state index in [0.29, 0.717) is 11.3 Å². The van der Waals surface area contributed by atoms with Crippen molar-refractivity contribution in [1.82, 2.24) is 0 Å². The van der Waals surface area contributed by atoms with E-state index in [2.05, 4.69) is 0 Å². The molecule has 0 fully saturated rings. The van der Waals surface area contributed by atoms with Crippen LogP contribution in [0.5, 0.6) is 0 Å². The molecule has 2 rings (SSSR count). The molecule has 4 heteroatoms. The fraction of sp³-hybridized carbons (Fsp3) is 0.250. The van der Waals surface area contributed by atoms with Gasteiger partial charge in [0.15, 0.2) is 9.84 Å². The van der Waals surface area contributed by atoms with Gasteiger partial charge in [0.1, 0.15) is 0 Å². The third kappa shape index (κ3) is 3.92. The average molecular weight is 290 g/mol. The lowest BCUT2D eigenvalue weighted by Gasteiger charge is -2.07. The van der Waals surface area contributed by atoms with E-state index in [4.69, 9.17) is 0 Å². The number of rotatable bonds is 5. The highest BCUT2D eigenvalue weighted by Gasteiger charge is 2.14. The molecule has 0 radical (unpaired) electrons. The zero-order valence-electron chi connectivity index (χ0n) is 11.4. The molecule has 2 aromatic rings. The Labute approximate surface area is 119 Å². The maximum atomic E-state index is 12.2. The van der Waals surface area contributed by atoms with Crippen LogP contribution in [-0.4, -0.2) is 19.6 Å². The topological polar surface area (TPSA) is 54.4 Å². The molecular formula is C16H18O3S. The molecule has 0 aromatic heterocycles. The van der Waals surface area contributed by atoms with Gasteiger partial charge in [-0.1, -0.05) is 42.5 Å².